The number of pyridine rings is 5. The quantitative estimate of drug-likeness (QED) is 0.0821. The van der Waals surface area contributed by atoms with Crippen molar-refractivity contribution in [1.29, 1.82) is 0 Å². The number of aromatic carboxylic acids is 1. The van der Waals surface area contributed by atoms with Crippen molar-refractivity contribution in [2.24, 2.45) is 5.73 Å². The monoisotopic (exact) mass is 984 g/mol. The van der Waals surface area contributed by atoms with Gasteiger partial charge in [0.25, 0.3) is 5.91 Å². The Morgan fingerprint density at radius 2 is 0.957 bits per heavy atom. The summed E-state index contributed by atoms with van der Waals surface area (Å²) in [4.78, 5) is 61.5. The molecule has 0 fully saturated rings. The number of ketones is 1. The number of carbonyl (C=O) groups excluding carboxylic acids is 2. The molecule has 0 saturated carbocycles. The molecule has 3 atom stereocenters. The second kappa shape index (κ2) is 32.2. The van der Waals surface area contributed by atoms with Crippen molar-refractivity contribution in [3.8, 4) is 0 Å². The Kier molecular flexibility index (Phi) is 28.7. The van der Waals surface area contributed by atoms with Gasteiger partial charge in [-0.2, -0.15) is 0 Å². The maximum Gasteiger partial charge on any atom is 0.354 e. The first kappa shape index (κ1) is 62.3. The lowest BCUT2D eigenvalue weighted by Crippen LogP contribution is -2.37. The Morgan fingerprint density at radius 3 is 1.31 bits per heavy atom. The molecule has 0 aliphatic heterocycles. The molecule has 0 aliphatic rings. The first-order valence-corrected chi connectivity index (χ1v) is 24.3. The molecule has 5 aromatic rings. The van der Waals surface area contributed by atoms with E-state index in [9.17, 15) is 18.6 Å². The Labute approximate surface area is 421 Å². The average Bonchev–Trinajstić information content (AvgIpc) is 3.30. The van der Waals surface area contributed by atoms with E-state index in [1.54, 1.807) is 44.7 Å². The Morgan fingerprint density at radius 1 is 0.571 bits per heavy atom. The summed E-state index contributed by atoms with van der Waals surface area (Å²) in [6.07, 6.45) is 11.0. The highest BCUT2D eigenvalue weighted by Crippen LogP contribution is 2.19. The van der Waals surface area contributed by atoms with Crippen LogP contribution in [0.2, 0.25) is 0 Å². The molecule has 5 aromatic heterocycles. The van der Waals surface area contributed by atoms with Crippen molar-refractivity contribution >= 4 is 28.6 Å². The van der Waals surface area contributed by atoms with Crippen LogP contribution in [0, 0.1) is 34.6 Å². The zero-order chi connectivity index (χ0) is 53.1. The first-order valence-electron chi connectivity index (χ1n) is 23.2. The van der Waals surface area contributed by atoms with Gasteiger partial charge in [0.15, 0.2) is 5.78 Å². The molecular formula is C53H81N11O5S. The molecule has 0 saturated heterocycles. The van der Waals surface area contributed by atoms with Gasteiger partial charge in [-0.1, -0.05) is 30.3 Å². The van der Waals surface area contributed by atoms with Crippen LogP contribution in [-0.2, 0) is 11.0 Å². The minimum absolute atomic E-state index is 0.0121. The highest BCUT2D eigenvalue weighted by molar-refractivity contribution is 7.84. The summed E-state index contributed by atoms with van der Waals surface area (Å²) in [6.45, 7) is 18.4. The van der Waals surface area contributed by atoms with E-state index in [0.29, 0.717) is 17.8 Å². The van der Waals surface area contributed by atoms with Crippen molar-refractivity contribution in [1.82, 2.24) is 49.2 Å². The molecule has 0 spiro atoms. The molecule has 1 amide bonds. The number of Topliss-reactive ketones (excluding diaryl/α,β-unsaturated/α-hetero) is 1. The predicted molar refractivity (Wildman–Crippen MR) is 284 cm³/mol. The largest absolute Gasteiger partial charge is 0.477 e. The van der Waals surface area contributed by atoms with Gasteiger partial charge < -0.3 is 30.4 Å². The number of nitrogens with one attached hydrogen (secondary N) is 1. The minimum atomic E-state index is -1.10. The number of amides is 1. The van der Waals surface area contributed by atoms with Crippen molar-refractivity contribution in [3.05, 3.63) is 148 Å². The summed E-state index contributed by atoms with van der Waals surface area (Å²) in [7, 11) is 14.4. The van der Waals surface area contributed by atoms with Gasteiger partial charge in [0.05, 0.1) is 33.2 Å². The fraction of sp³-hybridized carbons (Fsp3) is 0.472. The van der Waals surface area contributed by atoms with Crippen molar-refractivity contribution in [2.45, 2.75) is 91.5 Å². The molecule has 0 aliphatic carbocycles. The van der Waals surface area contributed by atoms with E-state index in [0.717, 1.165) is 66.1 Å². The predicted octanol–water partition coefficient (Wildman–Crippen LogP) is 7.48. The Bertz CT molecular complexity index is 2280. The van der Waals surface area contributed by atoms with Crippen LogP contribution < -0.4 is 10.5 Å². The van der Waals surface area contributed by atoms with Gasteiger partial charge in [-0.05, 0) is 182 Å². The van der Waals surface area contributed by atoms with Crippen molar-refractivity contribution in [3.63, 3.8) is 0 Å². The van der Waals surface area contributed by atoms with Crippen LogP contribution in [0.4, 0.5) is 0 Å². The molecular weight excluding hydrogens is 903 g/mol. The maximum absolute atomic E-state index is 12.3. The van der Waals surface area contributed by atoms with Crippen molar-refractivity contribution < 1.29 is 23.7 Å². The molecule has 5 heterocycles. The molecule has 70 heavy (non-hydrogen) atoms. The van der Waals surface area contributed by atoms with Crippen LogP contribution >= 0.6 is 0 Å². The van der Waals surface area contributed by atoms with Crippen LogP contribution in [0.25, 0.3) is 0 Å². The lowest BCUT2D eigenvalue weighted by Gasteiger charge is -2.25. The van der Waals surface area contributed by atoms with Crippen LogP contribution in [0.3, 0.4) is 0 Å². The third kappa shape index (κ3) is 26.9. The molecule has 384 valence electrons. The van der Waals surface area contributed by atoms with E-state index in [4.69, 9.17) is 10.8 Å². The van der Waals surface area contributed by atoms with Gasteiger partial charge in [-0.25, -0.2) is 18.7 Å². The van der Waals surface area contributed by atoms with E-state index in [1.807, 2.05) is 131 Å². The Hall–Kier alpha value is -5.69. The molecule has 4 N–H and O–H groups in total. The lowest BCUT2D eigenvalue weighted by atomic mass is 10.1. The van der Waals surface area contributed by atoms with E-state index in [2.05, 4.69) is 59.6 Å². The van der Waals surface area contributed by atoms with Crippen LogP contribution in [0.5, 0.6) is 0 Å². The van der Waals surface area contributed by atoms with E-state index >= 15 is 0 Å². The maximum atomic E-state index is 12.3. The van der Waals surface area contributed by atoms with Gasteiger partial charge in [0, 0.05) is 64.1 Å². The summed E-state index contributed by atoms with van der Waals surface area (Å²) in [6, 6.07) is 18.7. The first-order chi connectivity index (χ1) is 32.7. The molecule has 0 radical (unpaired) electrons. The van der Waals surface area contributed by atoms with Gasteiger partial charge in [0.2, 0.25) is 0 Å². The highest BCUT2D eigenvalue weighted by atomic mass is 32.2. The minimum Gasteiger partial charge on any atom is -0.477 e. The summed E-state index contributed by atoms with van der Waals surface area (Å²) < 4.78 is 15.3. The summed E-state index contributed by atoms with van der Waals surface area (Å²) in [5, 5.41) is 8.41. The number of aromatic nitrogens is 5. The lowest BCUT2D eigenvalue weighted by molar-refractivity contribution is 0.0689. The van der Waals surface area contributed by atoms with Gasteiger partial charge >= 0.3 is 5.97 Å². The van der Waals surface area contributed by atoms with Gasteiger partial charge in [0.1, 0.15) is 17.1 Å². The number of carbonyl (C=O) groups is 3. The normalized spacial score (nSPS) is 12.1. The number of carboxylic acids is 1. The average molecular weight is 984 g/mol. The molecule has 2 unspecified atom stereocenters. The fourth-order valence-electron chi connectivity index (χ4n) is 5.39. The third-order valence-electron chi connectivity index (χ3n) is 9.81. The number of nitrogens with zero attached hydrogens (tertiary/aromatic N) is 9. The summed E-state index contributed by atoms with van der Waals surface area (Å²) >= 11 is 0. The number of hydrogen-bond acceptors (Lipinski definition) is 13. The van der Waals surface area contributed by atoms with E-state index in [-0.39, 0.29) is 34.2 Å². The second-order valence-corrected chi connectivity index (χ2v) is 21.0. The van der Waals surface area contributed by atoms with Crippen molar-refractivity contribution in [2.75, 3.05) is 76.0 Å². The highest BCUT2D eigenvalue weighted by Gasteiger charge is 2.24. The molecule has 0 bridgehead atoms. The number of rotatable bonds is 16. The van der Waals surface area contributed by atoms with E-state index in [1.165, 1.54) is 22.7 Å². The number of aryl methyl sites for hydroxylation is 5. The van der Waals surface area contributed by atoms with Gasteiger partial charge in [-0.15, -0.1) is 0 Å². The molecule has 5 rings (SSSR count). The van der Waals surface area contributed by atoms with Crippen LogP contribution in [0.1, 0.15) is 123 Å². The topological polar surface area (TPSA) is 204 Å². The Balaban J connectivity index is 0.000000446. The molecule has 0 aromatic carbocycles. The zero-order valence-corrected chi connectivity index (χ0v) is 45.5. The SMILES string of the molecule is Cc1ccc(C(=O)CCN(C)C)nc1.Cc1ccc(C(=O)N(C)C)nc1.Cc1ccc(C(=O)O)nc1.Cc1ccc(C(CCN(C)C)N[S@](=O)C(C)(C)C)nc1.Cc1ccc(C(N)CCN(C)C)nc1. The number of hydrogen-bond donors (Lipinski definition) is 3. The molecule has 16 nitrogen and oxygen atoms in total. The fourth-order valence-corrected chi connectivity index (χ4v) is 6.24. The van der Waals surface area contributed by atoms with Crippen LogP contribution in [-0.4, -0.2) is 152 Å². The van der Waals surface area contributed by atoms with Crippen LogP contribution in [0.15, 0.2) is 91.6 Å². The smallest absolute Gasteiger partial charge is 0.354 e. The number of carboxylic acid groups (broad SMARTS) is 1. The standard InChI is InChI=1S/C15H27N3OS.C11H19N3.C11H16N2O.C9H12N2O.C7H7NO2/c1-12-7-8-13(16-11-12)14(9-10-18(5)6)17-20(19)15(2,3)4;1-9-4-5-11(13-8-9)10(12)6-7-14(2)3;1-9-4-5-10(12-8-9)11(14)6-7-13(2)3;1-7-4-5-8(10-6-7)9(12)11(2)3;1-5-2-3-6(7(9)10)8-4-5/h7-8,11,14,17H,9-10H2,1-6H3;4-5,8,10H,6-7,12H2,1-3H3;4-5,8H,6-7H2,1-3H3;4-6H,1-3H3;2-4H,1H3,(H,9,10)/t14?,20-;;;;/m1..../s1. The summed E-state index contributed by atoms with van der Waals surface area (Å²) in [5.74, 6) is -0.936. The number of nitrogens with two attached hydrogens (primary N) is 1. The third-order valence-corrected chi connectivity index (χ3v) is 11.4. The second-order valence-electron chi connectivity index (χ2n) is 19.0. The molecule has 17 heteroatoms. The zero-order valence-electron chi connectivity index (χ0n) is 44.6. The summed E-state index contributed by atoms with van der Waals surface area (Å²) in [5.41, 5.74) is 14.5. The van der Waals surface area contributed by atoms with Gasteiger partial charge in [-0.3, -0.25) is 29.5 Å². The van der Waals surface area contributed by atoms with E-state index < -0.39 is 17.0 Å².